The van der Waals surface area contributed by atoms with Gasteiger partial charge >= 0.3 is 0 Å². The zero-order valence-corrected chi connectivity index (χ0v) is 15.7. The third-order valence-electron chi connectivity index (χ3n) is 5.12. The predicted octanol–water partition coefficient (Wildman–Crippen LogP) is 4.39. The molecule has 1 aromatic heterocycles. The first-order valence-electron chi connectivity index (χ1n) is 9.79. The van der Waals surface area contributed by atoms with Gasteiger partial charge in [0, 0.05) is 25.8 Å². The molecule has 1 fully saturated rings. The maximum Gasteiger partial charge on any atom is 0.255 e. The van der Waals surface area contributed by atoms with E-state index in [2.05, 4.69) is 47.6 Å². The van der Waals surface area contributed by atoms with Gasteiger partial charge in [-0.25, -0.2) is 4.98 Å². The number of unbranched alkanes of at least 4 members (excludes halogenated alkanes) is 1. The number of carbonyl (C=O) groups excluding carboxylic acids is 1. The first-order chi connectivity index (χ1) is 12.8. The topological polar surface area (TPSA) is 45.2 Å². The Hall–Kier alpha value is -2.36. The van der Waals surface area contributed by atoms with Gasteiger partial charge in [-0.3, -0.25) is 4.79 Å². The van der Waals surface area contributed by atoms with E-state index in [1.165, 1.54) is 5.56 Å². The van der Waals surface area contributed by atoms with Gasteiger partial charge < -0.3 is 10.2 Å². The molecule has 1 aromatic carbocycles. The van der Waals surface area contributed by atoms with Gasteiger partial charge in [-0.2, -0.15) is 0 Å². The fourth-order valence-electron chi connectivity index (χ4n) is 3.49. The molecule has 2 heterocycles. The summed E-state index contributed by atoms with van der Waals surface area (Å²) in [6.07, 6.45) is 7.24. The van der Waals surface area contributed by atoms with Crippen molar-refractivity contribution in [1.29, 1.82) is 0 Å². The Morgan fingerprint density at radius 2 is 1.92 bits per heavy atom. The normalized spacial score (nSPS) is 15.0. The number of benzene rings is 1. The lowest BCUT2D eigenvalue weighted by molar-refractivity contribution is 0.0690. The molecule has 1 N–H and O–H groups in total. The molecule has 2 aromatic rings. The number of nitrogens with zero attached hydrogens (tertiary/aromatic N) is 2. The van der Waals surface area contributed by atoms with Crippen molar-refractivity contribution in [2.75, 3.05) is 25.0 Å². The van der Waals surface area contributed by atoms with Crippen molar-refractivity contribution < 1.29 is 4.79 Å². The second kappa shape index (κ2) is 9.37. The maximum atomic E-state index is 12.7. The van der Waals surface area contributed by atoms with Gasteiger partial charge in [0.05, 0.1) is 5.56 Å². The highest BCUT2D eigenvalue weighted by Gasteiger charge is 2.23. The molecule has 0 saturated carbocycles. The van der Waals surface area contributed by atoms with Crippen LogP contribution in [0.25, 0.3) is 0 Å². The van der Waals surface area contributed by atoms with E-state index < -0.39 is 0 Å². The first-order valence-corrected chi connectivity index (χ1v) is 9.79. The van der Waals surface area contributed by atoms with Crippen LogP contribution in [0.1, 0.15) is 48.5 Å². The lowest BCUT2D eigenvalue weighted by Gasteiger charge is -2.32. The zero-order valence-electron chi connectivity index (χ0n) is 15.7. The van der Waals surface area contributed by atoms with Crippen LogP contribution in [0.15, 0.2) is 48.7 Å². The fourth-order valence-corrected chi connectivity index (χ4v) is 3.49. The molecule has 0 spiro atoms. The Balaban J connectivity index is 1.48. The average molecular weight is 351 g/mol. The minimum absolute atomic E-state index is 0.107. The Morgan fingerprint density at radius 3 is 2.58 bits per heavy atom. The smallest absolute Gasteiger partial charge is 0.255 e. The molecule has 0 bridgehead atoms. The van der Waals surface area contributed by atoms with E-state index in [0.29, 0.717) is 11.5 Å². The number of hydrogen-bond acceptors (Lipinski definition) is 3. The standard InChI is InChI=1S/C22H29N3O/c1-2-3-13-23-21-10-9-20(17-24-21)22(26)25-14-11-19(12-15-25)16-18-7-5-4-6-8-18/h4-10,17,19H,2-3,11-16H2,1H3,(H,23,24). The van der Waals surface area contributed by atoms with Gasteiger partial charge in [-0.15, -0.1) is 0 Å². The van der Waals surface area contributed by atoms with Crippen molar-refractivity contribution in [2.45, 2.75) is 39.0 Å². The number of likely N-dealkylation sites (tertiary alicyclic amines) is 1. The van der Waals surface area contributed by atoms with Crippen LogP contribution in [-0.2, 0) is 6.42 Å². The van der Waals surface area contributed by atoms with Crippen LogP contribution >= 0.6 is 0 Å². The lowest BCUT2D eigenvalue weighted by Crippen LogP contribution is -2.39. The number of carbonyl (C=O) groups is 1. The molecule has 1 amide bonds. The molecule has 4 nitrogen and oxygen atoms in total. The van der Waals surface area contributed by atoms with Crippen LogP contribution in [-0.4, -0.2) is 35.4 Å². The van der Waals surface area contributed by atoms with Crippen molar-refractivity contribution in [3.63, 3.8) is 0 Å². The molecular weight excluding hydrogens is 322 g/mol. The van der Waals surface area contributed by atoms with Gasteiger partial charge in [-0.1, -0.05) is 43.7 Å². The first kappa shape index (κ1) is 18.4. The number of aromatic nitrogens is 1. The highest BCUT2D eigenvalue weighted by atomic mass is 16.2. The minimum atomic E-state index is 0.107. The van der Waals surface area contributed by atoms with Crippen molar-refractivity contribution in [3.05, 3.63) is 59.8 Å². The number of pyridine rings is 1. The molecule has 1 saturated heterocycles. The second-order valence-electron chi connectivity index (χ2n) is 7.14. The van der Waals surface area contributed by atoms with Crippen LogP contribution in [0.3, 0.4) is 0 Å². The third-order valence-corrected chi connectivity index (χ3v) is 5.12. The molecule has 138 valence electrons. The molecule has 0 radical (unpaired) electrons. The SMILES string of the molecule is CCCCNc1ccc(C(=O)N2CCC(Cc3ccccc3)CC2)cn1. The van der Waals surface area contributed by atoms with Gasteiger partial charge in [-0.05, 0) is 49.3 Å². The van der Waals surface area contributed by atoms with Gasteiger partial charge in [0.2, 0.25) is 0 Å². The molecule has 0 unspecified atom stereocenters. The molecule has 3 rings (SSSR count). The van der Waals surface area contributed by atoms with E-state index in [4.69, 9.17) is 0 Å². The summed E-state index contributed by atoms with van der Waals surface area (Å²) in [5, 5.41) is 3.28. The fraction of sp³-hybridized carbons (Fsp3) is 0.455. The predicted molar refractivity (Wildman–Crippen MR) is 106 cm³/mol. The van der Waals surface area contributed by atoms with Crippen LogP contribution in [0.4, 0.5) is 5.82 Å². The third kappa shape index (κ3) is 5.07. The number of nitrogens with one attached hydrogen (secondary N) is 1. The summed E-state index contributed by atoms with van der Waals surface area (Å²) >= 11 is 0. The van der Waals surface area contributed by atoms with E-state index in [-0.39, 0.29) is 5.91 Å². The van der Waals surface area contributed by atoms with Gasteiger partial charge in [0.25, 0.3) is 5.91 Å². The van der Waals surface area contributed by atoms with Crippen molar-refractivity contribution in [2.24, 2.45) is 5.92 Å². The quantitative estimate of drug-likeness (QED) is 0.753. The van der Waals surface area contributed by atoms with Crippen molar-refractivity contribution in [3.8, 4) is 0 Å². The molecule has 1 aliphatic rings. The Labute approximate surface area is 156 Å². The van der Waals surface area contributed by atoms with E-state index >= 15 is 0 Å². The largest absolute Gasteiger partial charge is 0.370 e. The molecule has 26 heavy (non-hydrogen) atoms. The number of rotatable bonds is 7. The van der Waals surface area contributed by atoms with Gasteiger partial charge in [0.1, 0.15) is 5.82 Å². The molecule has 0 aliphatic carbocycles. The molecular formula is C22H29N3O. The maximum absolute atomic E-state index is 12.7. The van der Waals surface area contributed by atoms with Gasteiger partial charge in [0.15, 0.2) is 0 Å². The number of hydrogen-bond donors (Lipinski definition) is 1. The highest BCUT2D eigenvalue weighted by Crippen LogP contribution is 2.23. The van der Waals surface area contributed by atoms with E-state index in [1.54, 1.807) is 6.20 Å². The van der Waals surface area contributed by atoms with E-state index in [1.807, 2.05) is 17.0 Å². The van der Waals surface area contributed by atoms with Crippen LogP contribution in [0, 0.1) is 5.92 Å². The summed E-state index contributed by atoms with van der Waals surface area (Å²) in [7, 11) is 0. The minimum Gasteiger partial charge on any atom is -0.370 e. The molecule has 4 heteroatoms. The summed E-state index contributed by atoms with van der Waals surface area (Å²) in [6, 6.07) is 14.4. The van der Waals surface area contributed by atoms with E-state index in [9.17, 15) is 4.79 Å². The zero-order chi connectivity index (χ0) is 18.2. The second-order valence-corrected chi connectivity index (χ2v) is 7.14. The monoisotopic (exact) mass is 351 g/mol. The summed E-state index contributed by atoms with van der Waals surface area (Å²) < 4.78 is 0. The van der Waals surface area contributed by atoms with Crippen LogP contribution in [0.2, 0.25) is 0 Å². The summed E-state index contributed by atoms with van der Waals surface area (Å²) in [5.41, 5.74) is 2.08. The summed E-state index contributed by atoms with van der Waals surface area (Å²) in [4.78, 5) is 19.1. The number of amides is 1. The van der Waals surface area contributed by atoms with Crippen LogP contribution < -0.4 is 5.32 Å². The Morgan fingerprint density at radius 1 is 1.15 bits per heavy atom. The highest BCUT2D eigenvalue weighted by molar-refractivity contribution is 5.94. The average Bonchev–Trinajstić information content (AvgIpc) is 2.70. The lowest BCUT2D eigenvalue weighted by atomic mass is 9.90. The Bertz CT molecular complexity index is 676. The van der Waals surface area contributed by atoms with E-state index in [0.717, 1.165) is 57.6 Å². The molecule has 1 aliphatic heterocycles. The van der Waals surface area contributed by atoms with Crippen molar-refractivity contribution in [1.82, 2.24) is 9.88 Å². The number of anilines is 1. The summed E-state index contributed by atoms with van der Waals surface area (Å²) in [6.45, 7) is 4.77. The Kier molecular flexibility index (Phi) is 6.64. The summed E-state index contributed by atoms with van der Waals surface area (Å²) in [5.74, 6) is 1.62. The van der Waals surface area contributed by atoms with Crippen molar-refractivity contribution >= 4 is 11.7 Å². The molecule has 0 atom stereocenters. The van der Waals surface area contributed by atoms with Crippen LogP contribution in [0.5, 0.6) is 0 Å². The number of piperidine rings is 1.